The van der Waals surface area contributed by atoms with Gasteiger partial charge in [0.15, 0.2) is 5.01 Å². The molecule has 1 aromatic heterocycles. The summed E-state index contributed by atoms with van der Waals surface area (Å²) < 4.78 is 55.2. The Hall–Kier alpha value is -4.44. The molecule has 1 atom stereocenters. The van der Waals surface area contributed by atoms with Gasteiger partial charge in [0.25, 0.3) is 0 Å². The number of alkyl halides is 3. The van der Waals surface area contributed by atoms with Crippen LogP contribution in [0.2, 0.25) is 0 Å². The highest BCUT2D eigenvalue weighted by Crippen LogP contribution is 2.34. The van der Waals surface area contributed by atoms with E-state index in [1.807, 2.05) is 54.6 Å². The van der Waals surface area contributed by atoms with E-state index in [-0.39, 0.29) is 30.2 Å². The van der Waals surface area contributed by atoms with Gasteiger partial charge in [-0.15, -0.1) is 11.3 Å². The number of aromatic nitrogens is 1. The smallest absolute Gasteiger partial charge is 0.443 e. The van der Waals surface area contributed by atoms with Crippen LogP contribution in [-0.4, -0.2) is 30.1 Å². The first kappa shape index (κ1) is 35.4. The third-order valence-corrected chi connectivity index (χ3v) is 8.22. The minimum atomic E-state index is -4.46. The number of thiazole rings is 1. The Morgan fingerprint density at radius 3 is 2.28 bits per heavy atom. The normalized spacial score (nSPS) is 12.2. The fraction of sp³-hybridized carbons (Fsp3) is 0.324. The quantitative estimate of drug-likeness (QED) is 0.0877. The fourth-order valence-electron chi connectivity index (χ4n) is 4.93. The number of esters is 2. The van der Waals surface area contributed by atoms with Crippen LogP contribution in [0.1, 0.15) is 71.6 Å². The summed E-state index contributed by atoms with van der Waals surface area (Å²) in [5.41, 5.74) is 4.25. The predicted octanol–water partition coefficient (Wildman–Crippen LogP) is 9.58. The number of carbonyl (C=O) groups excluding carboxylic acids is 2. The lowest BCUT2D eigenvalue weighted by Crippen LogP contribution is -2.06. The number of nitrogens with zero attached hydrogens (tertiary/aromatic N) is 1. The van der Waals surface area contributed by atoms with Crippen LogP contribution in [0.4, 0.5) is 13.2 Å². The Balaban J connectivity index is 1.42. The second-order valence-electron chi connectivity index (χ2n) is 10.9. The highest BCUT2D eigenvalue weighted by Gasteiger charge is 2.34. The van der Waals surface area contributed by atoms with Gasteiger partial charge in [-0.2, -0.15) is 13.2 Å². The summed E-state index contributed by atoms with van der Waals surface area (Å²) in [7, 11) is 0. The molecule has 0 N–H and O–H groups in total. The van der Waals surface area contributed by atoms with E-state index in [2.05, 4.69) is 11.1 Å². The van der Waals surface area contributed by atoms with Crippen LogP contribution in [0.3, 0.4) is 0 Å². The van der Waals surface area contributed by atoms with Crippen molar-refractivity contribution >= 4 is 29.4 Å². The van der Waals surface area contributed by atoms with Crippen molar-refractivity contribution in [2.75, 3.05) is 13.2 Å². The zero-order valence-corrected chi connectivity index (χ0v) is 27.2. The van der Waals surface area contributed by atoms with Crippen LogP contribution >= 0.6 is 11.3 Å². The van der Waals surface area contributed by atoms with Crippen molar-refractivity contribution in [3.8, 4) is 17.0 Å². The van der Waals surface area contributed by atoms with Crippen molar-refractivity contribution < 1.29 is 37.0 Å². The van der Waals surface area contributed by atoms with E-state index in [1.165, 1.54) is 5.38 Å². The maximum absolute atomic E-state index is 12.9. The highest BCUT2D eigenvalue weighted by molar-refractivity contribution is 7.10. The molecular formula is C37H38F3NO5S. The van der Waals surface area contributed by atoms with Crippen LogP contribution in [0, 0.1) is 5.92 Å². The molecule has 0 spiro atoms. The Morgan fingerprint density at radius 1 is 0.894 bits per heavy atom. The lowest BCUT2D eigenvalue weighted by Gasteiger charge is -2.14. The number of hydrogen-bond acceptors (Lipinski definition) is 7. The van der Waals surface area contributed by atoms with E-state index in [9.17, 15) is 22.8 Å². The van der Waals surface area contributed by atoms with Crippen molar-refractivity contribution in [3.63, 3.8) is 0 Å². The van der Waals surface area contributed by atoms with Crippen molar-refractivity contribution in [2.45, 2.75) is 58.7 Å². The molecule has 0 aliphatic rings. The van der Waals surface area contributed by atoms with E-state index in [4.69, 9.17) is 14.2 Å². The number of rotatable bonds is 16. The summed E-state index contributed by atoms with van der Waals surface area (Å²) in [6.45, 7) is 4.54. The Morgan fingerprint density at radius 2 is 1.60 bits per heavy atom. The molecule has 6 nitrogen and oxygen atoms in total. The van der Waals surface area contributed by atoms with Gasteiger partial charge in [-0.1, -0.05) is 73.2 Å². The summed E-state index contributed by atoms with van der Waals surface area (Å²) in [4.78, 5) is 27.6. The van der Waals surface area contributed by atoms with Crippen molar-refractivity contribution in [1.29, 1.82) is 0 Å². The molecule has 0 aliphatic carbocycles. The molecular weight excluding hydrogens is 627 g/mol. The van der Waals surface area contributed by atoms with Crippen molar-refractivity contribution in [2.24, 2.45) is 5.92 Å². The van der Waals surface area contributed by atoms with Gasteiger partial charge in [-0.05, 0) is 68.4 Å². The summed E-state index contributed by atoms with van der Waals surface area (Å²) >= 11 is 0.580. The first-order valence-corrected chi connectivity index (χ1v) is 16.5. The summed E-state index contributed by atoms with van der Waals surface area (Å²) in [6, 6.07) is 22.3. The SMILES string of the molecule is CCOC(=O)CCCCC(/C=C/c1ccccc1OCc1ccc(-c2csc(C(F)(F)F)n2)cc1)Cc1ccc(C(=O)OCC)cc1. The Bertz CT molecular complexity index is 1610. The maximum atomic E-state index is 12.9. The molecule has 1 heterocycles. The first-order chi connectivity index (χ1) is 22.7. The van der Waals surface area contributed by atoms with Crippen molar-refractivity contribution in [3.05, 3.63) is 112 Å². The number of carbonyl (C=O) groups is 2. The molecule has 47 heavy (non-hydrogen) atoms. The molecule has 0 radical (unpaired) electrons. The fourth-order valence-corrected chi connectivity index (χ4v) is 5.62. The second-order valence-corrected chi connectivity index (χ2v) is 11.7. The van der Waals surface area contributed by atoms with Gasteiger partial charge in [0.1, 0.15) is 12.4 Å². The molecule has 0 amide bonds. The van der Waals surface area contributed by atoms with E-state index in [0.29, 0.717) is 47.8 Å². The van der Waals surface area contributed by atoms with Crippen LogP contribution in [0.25, 0.3) is 17.3 Å². The van der Waals surface area contributed by atoms with E-state index in [0.717, 1.165) is 42.4 Å². The Kier molecular flexibility index (Phi) is 13.2. The number of hydrogen-bond donors (Lipinski definition) is 0. The first-order valence-electron chi connectivity index (χ1n) is 15.6. The molecule has 4 aromatic rings. The third-order valence-electron chi connectivity index (χ3n) is 7.33. The number of unbranched alkanes of at least 4 members (excludes halogenated alkanes) is 1. The predicted molar refractivity (Wildman–Crippen MR) is 177 cm³/mol. The Labute approximate surface area is 277 Å². The lowest BCUT2D eigenvalue weighted by atomic mass is 9.92. The largest absolute Gasteiger partial charge is 0.488 e. The number of ether oxygens (including phenoxy) is 3. The van der Waals surface area contributed by atoms with Gasteiger partial charge in [0, 0.05) is 22.9 Å². The molecule has 0 saturated carbocycles. The monoisotopic (exact) mass is 665 g/mol. The summed E-state index contributed by atoms with van der Waals surface area (Å²) in [5, 5.41) is 0.540. The van der Waals surface area contributed by atoms with Gasteiger partial charge in [0.2, 0.25) is 0 Å². The minimum absolute atomic E-state index is 0.162. The number of halogens is 3. The molecule has 248 valence electrons. The number of benzene rings is 3. The van der Waals surface area contributed by atoms with E-state index >= 15 is 0 Å². The van der Waals surface area contributed by atoms with Crippen LogP contribution in [-0.2, 0) is 33.5 Å². The van der Waals surface area contributed by atoms with Gasteiger partial charge < -0.3 is 14.2 Å². The minimum Gasteiger partial charge on any atom is -0.488 e. The zero-order chi connectivity index (χ0) is 33.6. The molecule has 0 fully saturated rings. The number of para-hydroxylation sites is 1. The van der Waals surface area contributed by atoms with Gasteiger partial charge >= 0.3 is 18.1 Å². The summed E-state index contributed by atoms with van der Waals surface area (Å²) in [6.07, 6.45) is 3.31. The molecule has 3 aromatic carbocycles. The highest BCUT2D eigenvalue weighted by atomic mass is 32.1. The average molecular weight is 666 g/mol. The van der Waals surface area contributed by atoms with Crippen LogP contribution < -0.4 is 4.74 Å². The molecule has 10 heteroatoms. The van der Waals surface area contributed by atoms with Gasteiger partial charge in [0.05, 0.1) is 24.5 Å². The standard InChI is InChI=1S/C37H38F3NO5S/c1-3-44-34(42)12-8-5-9-26(23-27-14-21-31(22-15-27)35(43)45-4-2)13-20-30-10-6-7-11-33(30)46-24-28-16-18-29(19-17-28)32-25-47-36(41-32)37(38,39)40/h6-7,10-11,13-22,25-26H,3-5,8-9,12,23-24H2,1-2H3/b20-13+. The molecule has 0 saturated heterocycles. The van der Waals surface area contributed by atoms with Crippen LogP contribution in [0.5, 0.6) is 5.75 Å². The summed E-state index contributed by atoms with van der Waals surface area (Å²) in [5.74, 6) is 0.325. The maximum Gasteiger partial charge on any atom is 0.443 e. The lowest BCUT2D eigenvalue weighted by molar-refractivity contribution is -0.143. The average Bonchev–Trinajstić information content (AvgIpc) is 3.57. The zero-order valence-electron chi connectivity index (χ0n) is 26.4. The molecule has 1 unspecified atom stereocenters. The molecule has 0 aliphatic heterocycles. The van der Waals surface area contributed by atoms with Gasteiger partial charge in [-0.3, -0.25) is 4.79 Å². The molecule has 4 rings (SSSR count). The topological polar surface area (TPSA) is 74.7 Å². The molecule has 0 bridgehead atoms. The van der Waals surface area contributed by atoms with Crippen molar-refractivity contribution in [1.82, 2.24) is 4.98 Å². The second kappa shape index (κ2) is 17.5. The third kappa shape index (κ3) is 11.1. The van der Waals surface area contributed by atoms with E-state index in [1.54, 1.807) is 38.1 Å². The van der Waals surface area contributed by atoms with E-state index < -0.39 is 11.2 Å². The van der Waals surface area contributed by atoms with Crippen LogP contribution in [0.15, 0.2) is 84.3 Å². The van der Waals surface area contributed by atoms with Gasteiger partial charge in [-0.25, -0.2) is 9.78 Å². The number of allylic oxidation sites excluding steroid dienone is 1.